The minimum Gasteiger partial charge on any atom is -0.493 e. The zero-order valence-electron chi connectivity index (χ0n) is 18.1. The monoisotopic (exact) mass is 429 g/mol. The molecular weight excluding hydrogens is 406 g/mol. The van der Waals surface area contributed by atoms with Gasteiger partial charge in [0.15, 0.2) is 18.1 Å². The number of carbonyl (C=O) groups is 1. The van der Waals surface area contributed by atoms with Crippen LogP contribution in [0.15, 0.2) is 71.3 Å². The lowest BCUT2D eigenvalue weighted by molar-refractivity contribution is -0.118. The van der Waals surface area contributed by atoms with Crippen molar-refractivity contribution < 1.29 is 18.8 Å². The predicted molar refractivity (Wildman–Crippen MR) is 122 cm³/mol. The number of amides is 1. The van der Waals surface area contributed by atoms with Crippen LogP contribution in [0.3, 0.4) is 0 Å². The first-order chi connectivity index (χ1) is 15.5. The average Bonchev–Trinajstić information content (AvgIpc) is 3.29. The lowest BCUT2D eigenvalue weighted by Gasteiger charge is -2.11. The number of anilines is 1. The summed E-state index contributed by atoms with van der Waals surface area (Å²) < 4.78 is 16.6. The zero-order valence-corrected chi connectivity index (χ0v) is 18.1. The van der Waals surface area contributed by atoms with Gasteiger partial charge in [0.1, 0.15) is 0 Å². The predicted octanol–water partition coefficient (Wildman–Crippen LogP) is 5.05. The summed E-state index contributed by atoms with van der Waals surface area (Å²) in [6, 6.07) is 20.6. The van der Waals surface area contributed by atoms with Gasteiger partial charge >= 0.3 is 0 Å². The highest BCUT2D eigenvalue weighted by atomic mass is 16.5. The van der Waals surface area contributed by atoms with Gasteiger partial charge in [0.05, 0.1) is 7.11 Å². The molecule has 0 aliphatic carbocycles. The number of hydrogen-bond donors (Lipinski definition) is 1. The molecule has 0 unspecified atom stereocenters. The van der Waals surface area contributed by atoms with Crippen LogP contribution in [0.25, 0.3) is 22.8 Å². The zero-order chi connectivity index (χ0) is 22.5. The van der Waals surface area contributed by atoms with Crippen LogP contribution in [0.5, 0.6) is 11.5 Å². The molecule has 3 aromatic carbocycles. The van der Waals surface area contributed by atoms with Gasteiger partial charge in [-0.3, -0.25) is 4.79 Å². The maximum atomic E-state index is 12.2. The molecule has 7 nitrogen and oxygen atoms in total. The number of aromatic nitrogens is 2. The Morgan fingerprint density at radius 3 is 2.53 bits per heavy atom. The van der Waals surface area contributed by atoms with E-state index in [1.165, 1.54) is 7.11 Å². The van der Waals surface area contributed by atoms with Gasteiger partial charge in [0.2, 0.25) is 5.82 Å². The molecule has 0 saturated heterocycles. The summed E-state index contributed by atoms with van der Waals surface area (Å²) in [7, 11) is 1.54. The van der Waals surface area contributed by atoms with Crippen LogP contribution in [0.4, 0.5) is 5.69 Å². The lowest BCUT2D eigenvalue weighted by atomic mass is 10.1. The van der Waals surface area contributed by atoms with Crippen LogP contribution in [0.1, 0.15) is 11.1 Å². The fraction of sp³-hybridized carbons (Fsp3) is 0.160. The Morgan fingerprint density at radius 2 is 1.78 bits per heavy atom. The summed E-state index contributed by atoms with van der Waals surface area (Å²) in [6.45, 7) is 3.83. The number of ether oxygens (including phenoxy) is 2. The molecule has 7 heteroatoms. The van der Waals surface area contributed by atoms with Crippen molar-refractivity contribution in [2.75, 3.05) is 19.0 Å². The Labute approximate surface area is 186 Å². The Morgan fingerprint density at radius 1 is 1.00 bits per heavy atom. The van der Waals surface area contributed by atoms with Gasteiger partial charge in [-0.1, -0.05) is 41.1 Å². The van der Waals surface area contributed by atoms with Gasteiger partial charge in [-0.25, -0.2) is 0 Å². The number of rotatable bonds is 7. The molecular formula is C25H23N3O4. The molecule has 0 radical (unpaired) electrons. The van der Waals surface area contributed by atoms with Crippen LogP contribution in [-0.2, 0) is 4.79 Å². The van der Waals surface area contributed by atoms with Crippen LogP contribution >= 0.6 is 0 Å². The summed E-state index contributed by atoms with van der Waals surface area (Å²) in [5.74, 6) is 1.53. The van der Waals surface area contributed by atoms with Crippen molar-refractivity contribution in [3.63, 3.8) is 0 Å². The minimum absolute atomic E-state index is 0.150. The molecule has 1 N–H and O–H groups in total. The summed E-state index contributed by atoms with van der Waals surface area (Å²) in [4.78, 5) is 16.7. The van der Waals surface area contributed by atoms with Crippen molar-refractivity contribution in [1.82, 2.24) is 10.1 Å². The van der Waals surface area contributed by atoms with E-state index in [9.17, 15) is 4.79 Å². The van der Waals surface area contributed by atoms with Gasteiger partial charge in [-0.2, -0.15) is 4.98 Å². The summed E-state index contributed by atoms with van der Waals surface area (Å²) in [6.07, 6.45) is 0. The van der Waals surface area contributed by atoms with Gasteiger partial charge in [0.25, 0.3) is 11.8 Å². The van der Waals surface area contributed by atoms with Gasteiger partial charge in [0, 0.05) is 16.8 Å². The largest absolute Gasteiger partial charge is 0.493 e. The van der Waals surface area contributed by atoms with E-state index in [0.717, 1.165) is 16.7 Å². The fourth-order valence-electron chi connectivity index (χ4n) is 3.17. The Balaban J connectivity index is 1.45. The fourth-order valence-corrected chi connectivity index (χ4v) is 3.17. The molecule has 1 aromatic heterocycles. The van der Waals surface area contributed by atoms with Crippen molar-refractivity contribution in [1.29, 1.82) is 0 Å². The standard InChI is InChI=1S/C25H23N3O4/c1-16-8-11-19(12-9-16)26-23(29)15-31-21-13-10-18(14-22(21)30-3)24-27-25(32-28-24)20-7-5-4-6-17(20)2/h4-14H,15H2,1-3H3,(H,26,29). The first-order valence-corrected chi connectivity index (χ1v) is 10.1. The molecule has 0 atom stereocenters. The molecule has 0 bridgehead atoms. The van der Waals surface area contributed by atoms with Crippen LogP contribution in [0.2, 0.25) is 0 Å². The molecule has 4 rings (SSSR count). The van der Waals surface area contributed by atoms with E-state index in [4.69, 9.17) is 14.0 Å². The maximum Gasteiger partial charge on any atom is 0.262 e. The van der Waals surface area contributed by atoms with E-state index >= 15 is 0 Å². The second kappa shape index (κ2) is 9.34. The summed E-state index contributed by atoms with van der Waals surface area (Å²) in [5.41, 5.74) is 4.48. The highest BCUT2D eigenvalue weighted by Gasteiger charge is 2.15. The van der Waals surface area contributed by atoms with E-state index in [0.29, 0.717) is 34.5 Å². The van der Waals surface area contributed by atoms with Crippen LogP contribution < -0.4 is 14.8 Å². The molecule has 0 fully saturated rings. The number of carbonyl (C=O) groups excluding carboxylic acids is 1. The molecule has 0 saturated carbocycles. The number of aryl methyl sites for hydroxylation is 2. The van der Waals surface area contributed by atoms with Gasteiger partial charge < -0.3 is 19.3 Å². The van der Waals surface area contributed by atoms with Crippen molar-refractivity contribution in [3.05, 3.63) is 77.9 Å². The molecule has 1 heterocycles. The number of benzene rings is 3. The maximum absolute atomic E-state index is 12.2. The highest BCUT2D eigenvalue weighted by molar-refractivity contribution is 5.91. The normalized spacial score (nSPS) is 10.6. The molecule has 0 spiro atoms. The topological polar surface area (TPSA) is 86.5 Å². The molecule has 162 valence electrons. The first kappa shape index (κ1) is 21.1. The van der Waals surface area contributed by atoms with E-state index in [1.807, 2.05) is 62.4 Å². The van der Waals surface area contributed by atoms with E-state index in [2.05, 4.69) is 15.5 Å². The first-order valence-electron chi connectivity index (χ1n) is 10.1. The van der Waals surface area contributed by atoms with Crippen molar-refractivity contribution >= 4 is 11.6 Å². The van der Waals surface area contributed by atoms with Crippen molar-refractivity contribution in [3.8, 4) is 34.3 Å². The Kier molecular flexibility index (Phi) is 6.17. The van der Waals surface area contributed by atoms with Crippen molar-refractivity contribution in [2.24, 2.45) is 0 Å². The number of methoxy groups -OCH3 is 1. The third-order valence-corrected chi connectivity index (χ3v) is 4.92. The lowest BCUT2D eigenvalue weighted by Crippen LogP contribution is -2.20. The summed E-state index contributed by atoms with van der Waals surface area (Å²) >= 11 is 0. The second-order valence-electron chi connectivity index (χ2n) is 7.31. The highest BCUT2D eigenvalue weighted by Crippen LogP contribution is 2.32. The second-order valence-corrected chi connectivity index (χ2v) is 7.31. The smallest absolute Gasteiger partial charge is 0.262 e. The molecule has 0 aliphatic heterocycles. The third-order valence-electron chi connectivity index (χ3n) is 4.92. The van der Waals surface area contributed by atoms with Crippen LogP contribution in [0, 0.1) is 13.8 Å². The number of nitrogens with one attached hydrogen (secondary N) is 1. The van der Waals surface area contributed by atoms with Gasteiger partial charge in [-0.15, -0.1) is 0 Å². The Bertz CT molecular complexity index is 1230. The summed E-state index contributed by atoms with van der Waals surface area (Å²) in [5, 5.41) is 6.89. The molecule has 4 aromatic rings. The minimum atomic E-state index is -0.263. The third kappa shape index (κ3) is 4.78. The quantitative estimate of drug-likeness (QED) is 0.443. The molecule has 0 aliphatic rings. The number of nitrogens with zero attached hydrogens (tertiary/aromatic N) is 2. The van der Waals surface area contributed by atoms with E-state index < -0.39 is 0 Å². The van der Waals surface area contributed by atoms with E-state index in [1.54, 1.807) is 18.2 Å². The molecule has 1 amide bonds. The van der Waals surface area contributed by atoms with Crippen LogP contribution in [-0.4, -0.2) is 29.8 Å². The van der Waals surface area contributed by atoms with Gasteiger partial charge in [-0.05, 0) is 55.8 Å². The Hall–Kier alpha value is -4.13. The molecule has 32 heavy (non-hydrogen) atoms. The SMILES string of the molecule is COc1cc(-c2noc(-c3ccccc3C)n2)ccc1OCC(=O)Nc1ccc(C)cc1. The van der Waals surface area contributed by atoms with E-state index in [-0.39, 0.29) is 12.5 Å². The van der Waals surface area contributed by atoms with Crippen molar-refractivity contribution in [2.45, 2.75) is 13.8 Å². The number of hydrogen-bond acceptors (Lipinski definition) is 6. The average molecular weight is 429 g/mol.